The fourth-order valence-electron chi connectivity index (χ4n) is 5.20. The highest BCUT2D eigenvalue weighted by atomic mass is 19.1. The highest BCUT2D eigenvalue weighted by Gasteiger charge is 2.65. The van der Waals surface area contributed by atoms with E-state index in [1.54, 1.807) is 24.5 Å². The molecule has 1 saturated carbocycles. The van der Waals surface area contributed by atoms with Crippen LogP contribution >= 0.6 is 0 Å². The summed E-state index contributed by atoms with van der Waals surface area (Å²) in [6, 6.07) is 7.43. The van der Waals surface area contributed by atoms with Crippen molar-refractivity contribution in [3.63, 3.8) is 0 Å². The van der Waals surface area contributed by atoms with E-state index >= 15 is 0 Å². The summed E-state index contributed by atoms with van der Waals surface area (Å²) in [5.74, 6) is -0.295. The number of hydrogen-bond donors (Lipinski definition) is 0. The standard InChI is InChI=1S/C21H18F2N4/c1-20(2)13-7-8-21(20,19-24-9-4-10-25-19)18-12(13)11-16(26-27-18)17-14(22)5-3-6-15(17)23/h3-6,9-11,13H,7-8H2,1-2H3/t13-,21+/m0/s1. The number of nitrogens with zero attached hydrogens (tertiary/aromatic N) is 4. The monoisotopic (exact) mass is 364 g/mol. The molecule has 1 aromatic carbocycles. The molecular formula is C21H18F2N4. The Labute approximate surface area is 155 Å². The largest absolute Gasteiger partial charge is 0.240 e. The predicted molar refractivity (Wildman–Crippen MR) is 96.0 cm³/mol. The van der Waals surface area contributed by atoms with Crippen LogP contribution in [0.15, 0.2) is 42.7 Å². The molecule has 0 saturated heterocycles. The van der Waals surface area contributed by atoms with E-state index in [9.17, 15) is 8.78 Å². The van der Waals surface area contributed by atoms with Crippen LogP contribution in [0, 0.1) is 17.0 Å². The SMILES string of the molecule is CC1(C)[C@H]2CC[C@]1(c1ncccn1)c1nnc(-c3c(F)cccc3F)cc12. The van der Waals surface area contributed by atoms with Crippen molar-refractivity contribution in [2.24, 2.45) is 5.41 Å². The second-order valence-electron chi connectivity index (χ2n) is 7.92. The van der Waals surface area contributed by atoms with Gasteiger partial charge in [-0.25, -0.2) is 18.7 Å². The van der Waals surface area contributed by atoms with E-state index in [-0.39, 0.29) is 22.6 Å². The molecule has 0 N–H and O–H groups in total. The predicted octanol–water partition coefficient (Wildman–Crippen LogP) is 4.42. The highest BCUT2D eigenvalue weighted by Crippen LogP contribution is 2.69. The molecule has 3 aromatic rings. The van der Waals surface area contributed by atoms with Crippen LogP contribution in [-0.2, 0) is 5.41 Å². The van der Waals surface area contributed by atoms with Crippen LogP contribution in [0.4, 0.5) is 8.78 Å². The lowest BCUT2D eigenvalue weighted by Crippen LogP contribution is -2.38. The number of aromatic nitrogens is 4. The summed E-state index contributed by atoms with van der Waals surface area (Å²) in [6.07, 6.45) is 5.34. The van der Waals surface area contributed by atoms with Gasteiger partial charge in [0.15, 0.2) is 0 Å². The second-order valence-corrected chi connectivity index (χ2v) is 7.92. The van der Waals surface area contributed by atoms with Gasteiger partial charge in [-0.1, -0.05) is 19.9 Å². The normalized spacial score (nSPS) is 24.8. The summed E-state index contributed by atoms with van der Waals surface area (Å²) in [7, 11) is 0. The van der Waals surface area contributed by atoms with Gasteiger partial charge in [-0.05, 0) is 54.0 Å². The van der Waals surface area contributed by atoms with Crippen LogP contribution in [0.2, 0.25) is 0 Å². The first-order valence-corrected chi connectivity index (χ1v) is 9.07. The summed E-state index contributed by atoms with van der Waals surface area (Å²) in [4.78, 5) is 9.07. The van der Waals surface area contributed by atoms with Crippen molar-refractivity contribution in [1.29, 1.82) is 0 Å². The second kappa shape index (κ2) is 5.38. The van der Waals surface area contributed by atoms with E-state index in [0.717, 1.165) is 29.9 Å². The van der Waals surface area contributed by atoms with Crippen molar-refractivity contribution in [3.8, 4) is 11.3 Å². The quantitative estimate of drug-likeness (QED) is 0.676. The zero-order valence-electron chi connectivity index (χ0n) is 15.1. The van der Waals surface area contributed by atoms with Crippen molar-refractivity contribution >= 4 is 0 Å². The van der Waals surface area contributed by atoms with Gasteiger partial charge in [0.2, 0.25) is 0 Å². The Kier molecular flexibility index (Phi) is 3.27. The third kappa shape index (κ3) is 1.95. The fraction of sp³-hybridized carbons (Fsp3) is 0.333. The number of halogens is 2. The minimum absolute atomic E-state index is 0.126. The molecule has 1 fully saturated rings. The first-order valence-electron chi connectivity index (χ1n) is 9.07. The molecule has 2 aliphatic carbocycles. The number of hydrogen-bond acceptors (Lipinski definition) is 4. The Morgan fingerprint density at radius 2 is 1.70 bits per heavy atom. The molecule has 0 radical (unpaired) electrons. The van der Waals surface area contributed by atoms with Crippen LogP contribution in [0.25, 0.3) is 11.3 Å². The maximum Gasteiger partial charge on any atom is 0.140 e. The molecule has 4 nitrogen and oxygen atoms in total. The fourth-order valence-corrected chi connectivity index (χ4v) is 5.20. The summed E-state index contributed by atoms with van der Waals surface area (Å²) >= 11 is 0. The summed E-state index contributed by atoms with van der Waals surface area (Å²) in [5.41, 5.74) is 1.38. The zero-order chi connectivity index (χ0) is 18.8. The van der Waals surface area contributed by atoms with Crippen molar-refractivity contribution in [1.82, 2.24) is 20.2 Å². The molecule has 2 bridgehead atoms. The molecule has 2 heterocycles. The number of fused-ring (bicyclic) bond motifs is 5. The first-order chi connectivity index (χ1) is 13.0. The van der Waals surface area contributed by atoms with E-state index in [4.69, 9.17) is 0 Å². The molecule has 0 spiro atoms. The highest BCUT2D eigenvalue weighted by molar-refractivity contribution is 5.63. The molecule has 2 atom stereocenters. The Morgan fingerprint density at radius 3 is 2.41 bits per heavy atom. The van der Waals surface area contributed by atoms with Gasteiger partial charge < -0.3 is 0 Å². The first kappa shape index (κ1) is 16.4. The van der Waals surface area contributed by atoms with Gasteiger partial charge in [-0.2, -0.15) is 5.10 Å². The lowest BCUT2D eigenvalue weighted by Gasteiger charge is -2.36. The van der Waals surface area contributed by atoms with Gasteiger partial charge in [0.25, 0.3) is 0 Å². The number of benzene rings is 1. The van der Waals surface area contributed by atoms with Gasteiger partial charge >= 0.3 is 0 Å². The van der Waals surface area contributed by atoms with Crippen LogP contribution in [0.1, 0.15) is 49.7 Å². The minimum atomic E-state index is -0.632. The van der Waals surface area contributed by atoms with Crippen LogP contribution in [0.3, 0.4) is 0 Å². The molecule has 136 valence electrons. The van der Waals surface area contributed by atoms with E-state index in [1.165, 1.54) is 18.2 Å². The maximum atomic E-state index is 14.2. The molecule has 0 amide bonds. The summed E-state index contributed by atoms with van der Waals surface area (Å²) in [6.45, 7) is 4.40. The van der Waals surface area contributed by atoms with Gasteiger partial charge in [0, 0.05) is 12.4 Å². The third-order valence-corrected chi connectivity index (χ3v) is 6.55. The van der Waals surface area contributed by atoms with Gasteiger partial charge in [-0.15, -0.1) is 5.10 Å². The Hall–Kier alpha value is -2.76. The molecule has 6 heteroatoms. The lowest BCUT2D eigenvalue weighted by atomic mass is 9.68. The molecule has 27 heavy (non-hydrogen) atoms. The third-order valence-electron chi connectivity index (χ3n) is 6.55. The lowest BCUT2D eigenvalue weighted by molar-refractivity contribution is 0.237. The number of rotatable bonds is 2. The molecule has 2 aromatic heterocycles. The summed E-state index contributed by atoms with van der Waals surface area (Å²) in [5, 5.41) is 8.69. The van der Waals surface area contributed by atoms with Gasteiger partial charge in [-0.3, -0.25) is 0 Å². The van der Waals surface area contributed by atoms with Crippen molar-refractivity contribution in [3.05, 3.63) is 71.4 Å². The zero-order valence-corrected chi connectivity index (χ0v) is 15.1. The van der Waals surface area contributed by atoms with Crippen LogP contribution in [-0.4, -0.2) is 20.2 Å². The Bertz CT molecular complexity index is 1030. The van der Waals surface area contributed by atoms with Crippen LogP contribution < -0.4 is 0 Å². The molecule has 2 aliphatic rings. The summed E-state index contributed by atoms with van der Waals surface area (Å²) < 4.78 is 28.5. The minimum Gasteiger partial charge on any atom is -0.240 e. The average molecular weight is 364 g/mol. The van der Waals surface area contributed by atoms with E-state index in [1.807, 2.05) is 0 Å². The van der Waals surface area contributed by atoms with Gasteiger partial charge in [0.1, 0.15) is 17.5 Å². The van der Waals surface area contributed by atoms with Gasteiger partial charge in [0.05, 0.1) is 22.4 Å². The van der Waals surface area contributed by atoms with Crippen molar-refractivity contribution < 1.29 is 8.78 Å². The average Bonchev–Trinajstić information content (AvgIpc) is 3.04. The Morgan fingerprint density at radius 1 is 1.00 bits per heavy atom. The van der Waals surface area contributed by atoms with Crippen LogP contribution in [0.5, 0.6) is 0 Å². The maximum absolute atomic E-state index is 14.2. The smallest absolute Gasteiger partial charge is 0.140 e. The van der Waals surface area contributed by atoms with Crippen molar-refractivity contribution in [2.75, 3.05) is 0 Å². The molecule has 5 rings (SSSR count). The van der Waals surface area contributed by atoms with Crippen molar-refractivity contribution in [2.45, 2.75) is 38.0 Å². The molecular weight excluding hydrogens is 346 g/mol. The Balaban J connectivity index is 1.74. The van der Waals surface area contributed by atoms with E-state index < -0.39 is 17.0 Å². The van der Waals surface area contributed by atoms with E-state index in [0.29, 0.717) is 0 Å². The molecule has 0 aliphatic heterocycles. The van der Waals surface area contributed by atoms with E-state index in [2.05, 4.69) is 34.0 Å². The topological polar surface area (TPSA) is 51.6 Å². The molecule has 0 unspecified atom stereocenters.